The number of allylic oxidation sites excluding steroid dienone is 1. The molecule has 0 amide bonds. The Hall–Kier alpha value is -2.36. The van der Waals surface area contributed by atoms with Gasteiger partial charge in [0, 0.05) is 12.3 Å². The lowest BCUT2D eigenvalue weighted by molar-refractivity contribution is -0.127. The summed E-state index contributed by atoms with van der Waals surface area (Å²) in [5.41, 5.74) is 2.45. The molecule has 0 saturated heterocycles. The van der Waals surface area contributed by atoms with Gasteiger partial charge in [0.25, 0.3) is 0 Å². The van der Waals surface area contributed by atoms with Gasteiger partial charge in [-0.3, -0.25) is 4.79 Å². The maximum absolute atomic E-state index is 12.8. The van der Waals surface area contributed by atoms with Crippen molar-refractivity contribution in [3.63, 3.8) is 0 Å². The van der Waals surface area contributed by atoms with E-state index in [0.717, 1.165) is 37.9 Å². The second kappa shape index (κ2) is 9.26. The van der Waals surface area contributed by atoms with E-state index in [-0.39, 0.29) is 28.8 Å². The first-order valence-corrected chi connectivity index (χ1v) is 13.5. The zero-order valence-electron chi connectivity index (χ0n) is 21.6. The molecular weight excluding hydrogens is 436 g/mol. The number of hydrogen-bond acceptors (Lipinski definition) is 4. The van der Waals surface area contributed by atoms with Crippen molar-refractivity contribution in [1.29, 1.82) is 0 Å². The van der Waals surface area contributed by atoms with E-state index in [1.54, 1.807) is 37.3 Å². The topological polar surface area (TPSA) is 52.6 Å². The van der Waals surface area contributed by atoms with Crippen LogP contribution in [-0.4, -0.2) is 24.5 Å². The van der Waals surface area contributed by atoms with Crippen LogP contribution in [0.25, 0.3) is 0 Å². The summed E-state index contributed by atoms with van der Waals surface area (Å²) in [4.78, 5) is 25.2. The van der Waals surface area contributed by atoms with Crippen LogP contribution in [0.4, 0.5) is 0 Å². The minimum absolute atomic E-state index is 0.0579. The molecule has 4 heteroatoms. The Morgan fingerprint density at radius 2 is 1.83 bits per heavy atom. The second-order valence-electron chi connectivity index (χ2n) is 11.9. The molecule has 0 aromatic heterocycles. The Kier molecular flexibility index (Phi) is 6.44. The third-order valence-corrected chi connectivity index (χ3v) is 10.3. The third-order valence-electron chi connectivity index (χ3n) is 10.3. The standard InChI is InChI=1S/C31H40O4/c1-5-18-34-23-9-6-21(7-10-23)29(33)35-24-14-16-30(3)22(19-24)8-11-25-27-13-12-26(20(2)32)31(27,4)17-15-28(25)30/h5-10,24-28H,1,11-19H2,2-4H3/t24-,25-,26+,27-,28-,30-,31+/m1/s1. The summed E-state index contributed by atoms with van der Waals surface area (Å²) in [7, 11) is 0. The van der Waals surface area contributed by atoms with Crippen molar-refractivity contribution in [3.05, 3.63) is 54.1 Å². The fourth-order valence-electron chi connectivity index (χ4n) is 8.46. The van der Waals surface area contributed by atoms with Crippen LogP contribution < -0.4 is 4.74 Å². The van der Waals surface area contributed by atoms with Crippen molar-refractivity contribution in [1.82, 2.24) is 0 Å². The number of Topliss-reactive ketones (excluding diaryl/α,β-unsaturated/α-hetero) is 1. The molecule has 3 saturated carbocycles. The summed E-state index contributed by atoms with van der Waals surface area (Å²) >= 11 is 0. The van der Waals surface area contributed by atoms with Gasteiger partial charge < -0.3 is 9.47 Å². The molecule has 3 fully saturated rings. The molecule has 0 N–H and O–H groups in total. The molecule has 5 rings (SSSR count). The van der Waals surface area contributed by atoms with E-state index < -0.39 is 0 Å². The van der Waals surface area contributed by atoms with Gasteiger partial charge in [-0.15, -0.1) is 0 Å². The highest BCUT2D eigenvalue weighted by Gasteiger charge is 2.59. The number of fused-ring (bicyclic) bond motifs is 5. The molecule has 1 aromatic rings. The lowest BCUT2D eigenvalue weighted by atomic mass is 9.47. The molecule has 35 heavy (non-hydrogen) atoms. The van der Waals surface area contributed by atoms with Crippen LogP contribution in [0.5, 0.6) is 5.75 Å². The van der Waals surface area contributed by atoms with Gasteiger partial charge >= 0.3 is 5.97 Å². The molecule has 4 aliphatic carbocycles. The summed E-state index contributed by atoms with van der Waals surface area (Å²) in [6, 6.07) is 7.15. The first-order valence-electron chi connectivity index (χ1n) is 13.5. The number of carbonyl (C=O) groups excluding carboxylic acids is 2. The molecule has 0 aliphatic heterocycles. The van der Waals surface area contributed by atoms with Crippen LogP contribution in [0.2, 0.25) is 0 Å². The minimum atomic E-state index is -0.252. The summed E-state index contributed by atoms with van der Waals surface area (Å²) in [6.45, 7) is 10.8. The van der Waals surface area contributed by atoms with Gasteiger partial charge in [0.05, 0.1) is 5.56 Å². The fourth-order valence-corrected chi connectivity index (χ4v) is 8.46. The highest BCUT2D eigenvalue weighted by Crippen LogP contribution is 2.66. The van der Waals surface area contributed by atoms with Crippen LogP contribution >= 0.6 is 0 Å². The Labute approximate surface area is 210 Å². The predicted molar refractivity (Wildman–Crippen MR) is 137 cm³/mol. The molecule has 188 valence electrons. The zero-order chi connectivity index (χ0) is 24.8. The molecule has 7 atom stereocenters. The molecule has 1 aromatic carbocycles. The highest BCUT2D eigenvalue weighted by molar-refractivity contribution is 5.89. The first-order chi connectivity index (χ1) is 16.8. The van der Waals surface area contributed by atoms with E-state index in [4.69, 9.17) is 9.47 Å². The molecule has 4 nitrogen and oxygen atoms in total. The van der Waals surface area contributed by atoms with E-state index >= 15 is 0 Å². The first kappa shape index (κ1) is 24.3. The Bertz CT molecular complexity index is 1020. The maximum atomic E-state index is 12.8. The SMILES string of the molecule is C=CCOc1ccc(C(=O)O[C@@H]2CC[C@]3(C)C(=CC[C@@H]4[C@H]5CC[C@@H](C(C)=O)[C@]5(C)CC[C@H]43)C2)cc1. The maximum Gasteiger partial charge on any atom is 0.338 e. The van der Waals surface area contributed by atoms with E-state index in [2.05, 4.69) is 26.5 Å². The van der Waals surface area contributed by atoms with E-state index in [0.29, 0.717) is 35.7 Å². The number of rotatable bonds is 6. The molecule has 0 heterocycles. The van der Waals surface area contributed by atoms with Crippen molar-refractivity contribution in [2.24, 2.45) is 34.5 Å². The minimum Gasteiger partial charge on any atom is -0.490 e. The molecular formula is C31H40O4. The Morgan fingerprint density at radius 3 is 2.54 bits per heavy atom. The number of ketones is 1. The van der Waals surface area contributed by atoms with E-state index in [1.807, 2.05) is 0 Å². The van der Waals surface area contributed by atoms with E-state index in [1.165, 1.54) is 24.8 Å². The van der Waals surface area contributed by atoms with Gasteiger partial charge in [-0.05, 0) is 105 Å². The Morgan fingerprint density at radius 1 is 1.06 bits per heavy atom. The molecule has 0 radical (unpaired) electrons. The third kappa shape index (κ3) is 4.17. The van der Waals surface area contributed by atoms with Crippen LogP contribution in [0, 0.1) is 34.5 Å². The van der Waals surface area contributed by atoms with Gasteiger partial charge in [-0.1, -0.05) is 38.2 Å². The normalized spacial score (nSPS) is 37.8. The van der Waals surface area contributed by atoms with Crippen molar-refractivity contribution in [2.45, 2.75) is 78.2 Å². The lowest BCUT2D eigenvalue weighted by Crippen LogP contribution is -2.51. The number of benzene rings is 1. The molecule has 4 aliphatic rings. The number of carbonyl (C=O) groups is 2. The largest absolute Gasteiger partial charge is 0.490 e. The fraction of sp³-hybridized carbons (Fsp3) is 0.613. The van der Waals surface area contributed by atoms with Gasteiger partial charge in [-0.2, -0.15) is 0 Å². The summed E-state index contributed by atoms with van der Waals surface area (Å²) < 4.78 is 11.5. The molecule has 0 spiro atoms. The van der Waals surface area contributed by atoms with Crippen molar-refractivity contribution >= 4 is 11.8 Å². The number of esters is 1. The summed E-state index contributed by atoms with van der Waals surface area (Å²) in [5, 5.41) is 0. The zero-order valence-corrected chi connectivity index (χ0v) is 21.6. The highest BCUT2D eigenvalue weighted by atomic mass is 16.5. The van der Waals surface area contributed by atoms with Crippen molar-refractivity contribution < 1.29 is 19.1 Å². The van der Waals surface area contributed by atoms with Gasteiger partial charge in [0.1, 0.15) is 24.2 Å². The Balaban J connectivity index is 1.26. The predicted octanol–water partition coefficient (Wildman–Crippen LogP) is 6.94. The van der Waals surface area contributed by atoms with Gasteiger partial charge in [0.15, 0.2) is 0 Å². The lowest BCUT2D eigenvalue weighted by Gasteiger charge is -2.58. The quantitative estimate of drug-likeness (QED) is 0.329. The van der Waals surface area contributed by atoms with Crippen LogP contribution in [0.3, 0.4) is 0 Å². The molecule has 0 bridgehead atoms. The monoisotopic (exact) mass is 476 g/mol. The van der Waals surface area contributed by atoms with Gasteiger partial charge in [-0.25, -0.2) is 4.79 Å². The molecule has 0 unspecified atom stereocenters. The number of hydrogen-bond donors (Lipinski definition) is 0. The summed E-state index contributed by atoms with van der Waals surface area (Å²) in [5.74, 6) is 3.16. The summed E-state index contributed by atoms with van der Waals surface area (Å²) in [6.07, 6.45) is 12.8. The van der Waals surface area contributed by atoms with Crippen LogP contribution in [-0.2, 0) is 9.53 Å². The average Bonchev–Trinajstić information content (AvgIpc) is 3.21. The second-order valence-corrected chi connectivity index (χ2v) is 11.9. The van der Waals surface area contributed by atoms with Crippen molar-refractivity contribution in [3.8, 4) is 5.75 Å². The smallest absolute Gasteiger partial charge is 0.338 e. The van der Waals surface area contributed by atoms with E-state index in [9.17, 15) is 9.59 Å². The van der Waals surface area contributed by atoms with Crippen LogP contribution in [0.1, 0.15) is 82.5 Å². The number of ether oxygens (including phenoxy) is 2. The van der Waals surface area contributed by atoms with Crippen molar-refractivity contribution in [2.75, 3.05) is 6.61 Å². The average molecular weight is 477 g/mol. The van der Waals surface area contributed by atoms with Crippen LogP contribution in [0.15, 0.2) is 48.6 Å². The van der Waals surface area contributed by atoms with Gasteiger partial charge in [0.2, 0.25) is 0 Å².